The monoisotopic (exact) mass is 514 g/mol. The van der Waals surface area contributed by atoms with Crippen LogP contribution in [0.25, 0.3) is 0 Å². The number of carbonyl (C=O) groups is 3. The van der Waals surface area contributed by atoms with Crippen molar-refractivity contribution in [3.8, 4) is 0 Å². The molecule has 1 saturated heterocycles. The van der Waals surface area contributed by atoms with E-state index in [0.29, 0.717) is 5.69 Å². The molecular weight excluding hydrogens is 480 g/mol. The fraction of sp³-hybridized carbons (Fsp3) is 0.300. The molecule has 1 aliphatic rings. The normalized spacial score (nSPS) is 14.1. The van der Waals surface area contributed by atoms with E-state index >= 15 is 0 Å². The van der Waals surface area contributed by atoms with Crippen LogP contribution in [0.4, 0.5) is 21.9 Å². The van der Waals surface area contributed by atoms with E-state index in [-0.39, 0.29) is 30.8 Å². The molecule has 8 heteroatoms. The van der Waals surface area contributed by atoms with E-state index in [2.05, 4.69) is 15.5 Å². The summed E-state index contributed by atoms with van der Waals surface area (Å²) >= 11 is 0. The molecule has 0 aromatic heterocycles. The molecule has 1 unspecified atom stereocenters. The zero-order chi connectivity index (χ0) is 27.1. The zero-order valence-corrected chi connectivity index (χ0v) is 21.8. The highest BCUT2D eigenvalue weighted by Crippen LogP contribution is 2.29. The van der Waals surface area contributed by atoms with Gasteiger partial charge in [0.15, 0.2) is 0 Å². The summed E-state index contributed by atoms with van der Waals surface area (Å²) < 4.78 is 0. The number of amides is 3. The maximum atomic E-state index is 12.9. The van der Waals surface area contributed by atoms with E-state index in [4.69, 9.17) is 0 Å². The van der Waals surface area contributed by atoms with Crippen molar-refractivity contribution in [2.24, 2.45) is 0 Å². The lowest BCUT2D eigenvalue weighted by Gasteiger charge is -2.27. The number of nitrogens with one attached hydrogen (secondary N) is 2. The van der Waals surface area contributed by atoms with Crippen LogP contribution in [0.5, 0.6) is 0 Å². The third kappa shape index (κ3) is 6.98. The van der Waals surface area contributed by atoms with Gasteiger partial charge in [0.1, 0.15) is 0 Å². The van der Waals surface area contributed by atoms with Gasteiger partial charge in [0, 0.05) is 30.2 Å². The highest BCUT2D eigenvalue weighted by atomic mass is 16.4. The summed E-state index contributed by atoms with van der Waals surface area (Å²) in [5.41, 5.74) is 4.89. The van der Waals surface area contributed by atoms with E-state index in [9.17, 15) is 19.5 Å². The van der Waals surface area contributed by atoms with E-state index in [1.165, 1.54) is 0 Å². The maximum absolute atomic E-state index is 12.9. The van der Waals surface area contributed by atoms with Crippen molar-refractivity contribution < 1.29 is 19.5 Å². The van der Waals surface area contributed by atoms with Gasteiger partial charge in [-0.2, -0.15) is 0 Å². The quantitative estimate of drug-likeness (QED) is 0.352. The van der Waals surface area contributed by atoms with Crippen LogP contribution in [0.2, 0.25) is 0 Å². The van der Waals surface area contributed by atoms with Crippen LogP contribution in [0, 0.1) is 6.92 Å². The molecule has 0 bridgehead atoms. The number of nitrogens with zero attached hydrogens (tertiary/aromatic N) is 2. The van der Waals surface area contributed by atoms with E-state index in [0.717, 1.165) is 54.0 Å². The number of urea groups is 1. The fourth-order valence-corrected chi connectivity index (χ4v) is 4.74. The smallest absolute Gasteiger partial charge is 0.323 e. The Morgan fingerprint density at radius 3 is 2.21 bits per heavy atom. The van der Waals surface area contributed by atoms with Gasteiger partial charge in [-0.1, -0.05) is 42.5 Å². The predicted octanol–water partition coefficient (Wildman–Crippen LogP) is 5.46. The number of para-hydroxylation sites is 1. The highest BCUT2D eigenvalue weighted by molar-refractivity contribution is 6.00. The molecule has 3 amide bonds. The second-order valence-corrected chi connectivity index (χ2v) is 9.67. The van der Waals surface area contributed by atoms with Crippen LogP contribution in [0.3, 0.4) is 0 Å². The summed E-state index contributed by atoms with van der Waals surface area (Å²) in [5, 5.41) is 15.0. The molecule has 0 radical (unpaired) electrons. The molecule has 4 rings (SSSR count). The van der Waals surface area contributed by atoms with Gasteiger partial charge in [0.05, 0.1) is 12.8 Å². The number of likely N-dealkylation sites (tertiary alicyclic amines) is 1. The number of carboxylic acid groups (broad SMARTS) is 1. The standard InChI is InChI=1S/C30H34N4O4/c1-21-7-3-4-8-26(21)32-30(38)31-24-13-9-22(10-14-24)19-28(35)33(2)25-15-11-23(12-16-25)27(20-29(36)37)34-17-5-6-18-34/h3-4,7-16,27H,5-6,17-20H2,1-2H3,(H,36,37)(H2,31,32,38). The molecule has 1 heterocycles. The lowest BCUT2D eigenvalue weighted by Crippen LogP contribution is -2.29. The molecule has 3 aromatic rings. The van der Waals surface area contributed by atoms with Gasteiger partial charge < -0.3 is 20.6 Å². The molecule has 0 aliphatic carbocycles. The Kier molecular flexibility index (Phi) is 8.76. The molecule has 1 aliphatic heterocycles. The summed E-state index contributed by atoms with van der Waals surface area (Å²) in [6.45, 7) is 3.74. The van der Waals surface area contributed by atoms with Crippen molar-refractivity contribution in [3.05, 3.63) is 89.5 Å². The van der Waals surface area contributed by atoms with Gasteiger partial charge in [-0.25, -0.2) is 4.79 Å². The van der Waals surface area contributed by atoms with Gasteiger partial charge in [0.2, 0.25) is 5.91 Å². The third-order valence-electron chi connectivity index (χ3n) is 6.95. The van der Waals surface area contributed by atoms with Crippen molar-refractivity contribution in [1.29, 1.82) is 0 Å². The van der Waals surface area contributed by atoms with Crippen LogP contribution in [-0.4, -0.2) is 48.1 Å². The van der Waals surface area contributed by atoms with Crippen molar-refractivity contribution in [2.45, 2.75) is 38.6 Å². The first-order valence-corrected chi connectivity index (χ1v) is 12.8. The maximum Gasteiger partial charge on any atom is 0.323 e. The first-order chi connectivity index (χ1) is 18.3. The van der Waals surface area contributed by atoms with Crippen LogP contribution in [-0.2, 0) is 16.0 Å². The van der Waals surface area contributed by atoms with Gasteiger partial charge in [0.25, 0.3) is 0 Å². The number of carboxylic acids is 1. The highest BCUT2D eigenvalue weighted by Gasteiger charge is 2.26. The second-order valence-electron chi connectivity index (χ2n) is 9.67. The van der Waals surface area contributed by atoms with Crippen molar-refractivity contribution in [3.63, 3.8) is 0 Å². The Hall–Kier alpha value is -4.17. The van der Waals surface area contributed by atoms with Crippen LogP contribution >= 0.6 is 0 Å². The largest absolute Gasteiger partial charge is 0.481 e. The summed E-state index contributed by atoms with van der Waals surface area (Å²) in [6, 6.07) is 21.9. The number of benzene rings is 3. The first-order valence-electron chi connectivity index (χ1n) is 12.8. The molecule has 0 spiro atoms. The number of carbonyl (C=O) groups excluding carboxylic acids is 2. The van der Waals surface area contributed by atoms with Gasteiger partial charge in [-0.15, -0.1) is 0 Å². The molecule has 38 heavy (non-hydrogen) atoms. The number of aliphatic carboxylic acids is 1. The molecule has 1 atom stereocenters. The average Bonchev–Trinajstić information content (AvgIpc) is 3.44. The molecule has 1 fully saturated rings. The number of hydrogen-bond donors (Lipinski definition) is 3. The van der Waals surface area contributed by atoms with E-state index in [1.807, 2.05) is 67.6 Å². The lowest BCUT2D eigenvalue weighted by molar-refractivity contribution is -0.138. The topological polar surface area (TPSA) is 102 Å². The Bertz CT molecular complexity index is 1270. The zero-order valence-electron chi connectivity index (χ0n) is 21.8. The van der Waals surface area contributed by atoms with Crippen LogP contribution in [0.1, 0.15) is 42.0 Å². The number of likely N-dealkylation sites (N-methyl/N-ethyl adjacent to an activating group) is 1. The minimum absolute atomic E-state index is 0.0620. The number of aryl methyl sites for hydroxylation is 1. The average molecular weight is 515 g/mol. The molecule has 3 N–H and O–H groups in total. The summed E-state index contributed by atoms with van der Waals surface area (Å²) in [6.07, 6.45) is 2.45. The molecular formula is C30H34N4O4. The molecule has 198 valence electrons. The lowest BCUT2D eigenvalue weighted by atomic mass is 10.0. The van der Waals surface area contributed by atoms with Gasteiger partial charge in [-0.05, 0) is 79.9 Å². The van der Waals surface area contributed by atoms with Gasteiger partial charge >= 0.3 is 12.0 Å². The Labute approximate surface area is 223 Å². The minimum Gasteiger partial charge on any atom is -0.481 e. The summed E-state index contributed by atoms with van der Waals surface area (Å²) in [7, 11) is 1.73. The fourth-order valence-electron chi connectivity index (χ4n) is 4.74. The van der Waals surface area contributed by atoms with Crippen molar-refractivity contribution in [1.82, 2.24) is 4.90 Å². The van der Waals surface area contributed by atoms with E-state index in [1.54, 1.807) is 24.1 Å². The third-order valence-corrected chi connectivity index (χ3v) is 6.95. The predicted molar refractivity (Wildman–Crippen MR) is 150 cm³/mol. The molecule has 0 saturated carbocycles. The summed E-state index contributed by atoms with van der Waals surface area (Å²) in [5.74, 6) is -0.885. The number of hydrogen-bond acceptors (Lipinski definition) is 4. The second kappa shape index (κ2) is 12.4. The molecule has 3 aromatic carbocycles. The molecule has 8 nitrogen and oxygen atoms in total. The Balaban J connectivity index is 1.33. The number of rotatable bonds is 9. The SMILES string of the molecule is Cc1ccccc1NC(=O)Nc1ccc(CC(=O)N(C)c2ccc(C(CC(=O)O)N3CCCC3)cc2)cc1. The Morgan fingerprint density at radius 1 is 0.921 bits per heavy atom. The van der Waals surface area contributed by atoms with Crippen molar-refractivity contribution >= 4 is 35.0 Å². The van der Waals surface area contributed by atoms with Gasteiger partial charge in [-0.3, -0.25) is 14.5 Å². The first kappa shape index (κ1) is 26.9. The van der Waals surface area contributed by atoms with Crippen LogP contribution < -0.4 is 15.5 Å². The van der Waals surface area contributed by atoms with E-state index < -0.39 is 5.97 Å². The summed E-state index contributed by atoms with van der Waals surface area (Å²) in [4.78, 5) is 40.5. The van der Waals surface area contributed by atoms with Crippen molar-refractivity contribution in [2.75, 3.05) is 35.7 Å². The Morgan fingerprint density at radius 2 is 1.58 bits per heavy atom. The minimum atomic E-state index is -0.814. The van der Waals surface area contributed by atoms with Crippen LogP contribution in [0.15, 0.2) is 72.8 Å². The number of anilines is 3.